The smallest absolute Gasteiger partial charge is 0.312 e. The Bertz CT molecular complexity index is 230. The molecular formula is C8H9NO2. The standard InChI is InChI=1S/C8H9NO2/c1-9-7-5-3-2-4-6(7)8(10)11/h2-7H,1H2,(H,10,11). The van der Waals surface area contributed by atoms with Crippen LogP contribution in [0.4, 0.5) is 0 Å². The minimum atomic E-state index is -0.858. The summed E-state index contributed by atoms with van der Waals surface area (Å²) in [5.74, 6) is -1.40. The van der Waals surface area contributed by atoms with E-state index in [0.717, 1.165) is 0 Å². The first-order valence-corrected chi connectivity index (χ1v) is 3.29. The highest BCUT2D eigenvalue weighted by atomic mass is 16.4. The van der Waals surface area contributed by atoms with E-state index in [-0.39, 0.29) is 6.04 Å². The van der Waals surface area contributed by atoms with Gasteiger partial charge < -0.3 is 5.11 Å². The van der Waals surface area contributed by atoms with E-state index in [9.17, 15) is 4.79 Å². The molecule has 0 aromatic rings. The molecule has 11 heavy (non-hydrogen) atoms. The van der Waals surface area contributed by atoms with Crippen molar-refractivity contribution in [3.05, 3.63) is 24.3 Å². The van der Waals surface area contributed by atoms with Crippen molar-refractivity contribution in [2.75, 3.05) is 0 Å². The lowest BCUT2D eigenvalue weighted by Gasteiger charge is -2.15. The molecule has 0 fully saturated rings. The number of carboxylic acid groups (broad SMARTS) is 1. The molecule has 2 unspecified atom stereocenters. The van der Waals surface area contributed by atoms with Crippen LogP contribution in [0.5, 0.6) is 0 Å². The molecule has 0 saturated heterocycles. The molecule has 0 aliphatic heterocycles. The van der Waals surface area contributed by atoms with E-state index in [4.69, 9.17) is 5.11 Å². The van der Waals surface area contributed by atoms with E-state index in [1.54, 1.807) is 24.3 Å². The number of rotatable bonds is 2. The lowest BCUT2D eigenvalue weighted by molar-refractivity contribution is -0.140. The van der Waals surface area contributed by atoms with Crippen molar-refractivity contribution in [2.45, 2.75) is 6.04 Å². The van der Waals surface area contributed by atoms with Crippen molar-refractivity contribution in [3.8, 4) is 0 Å². The highest BCUT2D eigenvalue weighted by Gasteiger charge is 2.23. The lowest BCUT2D eigenvalue weighted by atomic mass is 9.96. The topological polar surface area (TPSA) is 49.7 Å². The van der Waals surface area contributed by atoms with Gasteiger partial charge in [0, 0.05) is 0 Å². The Morgan fingerprint density at radius 1 is 1.45 bits per heavy atom. The normalized spacial score (nSPS) is 28.4. The van der Waals surface area contributed by atoms with Gasteiger partial charge in [-0.05, 0) is 6.72 Å². The number of aliphatic carboxylic acids is 1. The van der Waals surface area contributed by atoms with Crippen LogP contribution in [-0.4, -0.2) is 23.8 Å². The molecule has 3 nitrogen and oxygen atoms in total. The number of allylic oxidation sites excluding steroid dienone is 2. The number of aliphatic imine (C=N–C) groups is 1. The molecule has 2 atom stereocenters. The molecule has 0 amide bonds. The fourth-order valence-corrected chi connectivity index (χ4v) is 0.998. The van der Waals surface area contributed by atoms with E-state index in [1.807, 2.05) is 0 Å². The molecule has 0 bridgehead atoms. The van der Waals surface area contributed by atoms with Crippen LogP contribution in [0.2, 0.25) is 0 Å². The van der Waals surface area contributed by atoms with Gasteiger partial charge in [-0.15, -0.1) is 0 Å². The van der Waals surface area contributed by atoms with Gasteiger partial charge in [-0.3, -0.25) is 9.79 Å². The zero-order valence-electron chi connectivity index (χ0n) is 5.97. The maximum Gasteiger partial charge on any atom is 0.312 e. The fourth-order valence-electron chi connectivity index (χ4n) is 0.998. The second kappa shape index (κ2) is 3.14. The quantitative estimate of drug-likeness (QED) is 0.595. The third kappa shape index (κ3) is 1.55. The fraction of sp³-hybridized carbons (Fsp3) is 0.250. The van der Waals surface area contributed by atoms with Crippen molar-refractivity contribution >= 4 is 12.7 Å². The largest absolute Gasteiger partial charge is 0.481 e. The van der Waals surface area contributed by atoms with Gasteiger partial charge in [0.1, 0.15) is 5.92 Å². The lowest BCUT2D eigenvalue weighted by Crippen LogP contribution is -2.24. The van der Waals surface area contributed by atoms with E-state index in [2.05, 4.69) is 11.7 Å². The maximum atomic E-state index is 10.6. The zero-order chi connectivity index (χ0) is 8.27. The summed E-state index contributed by atoms with van der Waals surface area (Å²) in [5, 5.41) is 8.67. The molecule has 1 aliphatic carbocycles. The Kier molecular flexibility index (Phi) is 2.21. The Morgan fingerprint density at radius 3 is 2.55 bits per heavy atom. The monoisotopic (exact) mass is 151 g/mol. The Hall–Kier alpha value is -1.38. The molecule has 0 aromatic carbocycles. The first-order valence-electron chi connectivity index (χ1n) is 3.29. The maximum absolute atomic E-state index is 10.6. The second-order valence-electron chi connectivity index (χ2n) is 2.31. The van der Waals surface area contributed by atoms with Crippen LogP contribution < -0.4 is 0 Å². The van der Waals surface area contributed by atoms with Gasteiger partial charge >= 0.3 is 5.97 Å². The van der Waals surface area contributed by atoms with Crippen molar-refractivity contribution in [1.82, 2.24) is 0 Å². The molecule has 0 heterocycles. The van der Waals surface area contributed by atoms with Gasteiger partial charge in [-0.1, -0.05) is 24.3 Å². The molecule has 0 radical (unpaired) electrons. The first kappa shape index (κ1) is 7.72. The Labute approximate surface area is 64.8 Å². The number of nitrogens with zero attached hydrogens (tertiary/aromatic N) is 1. The third-order valence-electron chi connectivity index (χ3n) is 1.60. The van der Waals surface area contributed by atoms with Gasteiger partial charge in [0.15, 0.2) is 0 Å². The van der Waals surface area contributed by atoms with Gasteiger partial charge in [0.25, 0.3) is 0 Å². The van der Waals surface area contributed by atoms with E-state index >= 15 is 0 Å². The molecule has 1 N–H and O–H groups in total. The van der Waals surface area contributed by atoms with Gasteiger partial charge in [-0.2, -0.15) is 0 Å². The predicted octanol–water partition coefficient (Wildman–Crippen LogP) is 0.882. The average molecular weight is 151 g/mol. The summed E-state index contributed by atoms with van der Waals surface area (Å²) in [5.41, 5.74) is 0. The molecule has 1 aliphatic rings. The van der Waals surface area contributed by atoms with Crippen LogP contribution in [0.15, 0.2) is 29.3 Å². The first-order chi connectivity index (χ1) is 5.25. The third-order valence-corrected chi connectivity index (χ3v) is 1.60. The predicted molar refractivity (Wildman–Crippen MR) is 42.7 cm³/mol. The summed E-state index contributed by atoms with van der Waals surface area (Å²) in [7, 11) is 0. The molecule has 0 aromatic heterocycles. The summed E-state index contributed by atoms with van der Waals surface area (Å²) in [6.45, 7) is 3.32. The van der Waals surface area contributed by atoms with Crippen molar-refractivity contribution in [3.63, 3.8) is 0 Å². The molecule has 1 rings (SSSR count). The van der Waals surface area contributed by atoms with E-state index in [1.165, 1.54) is 0 Å². The highest BCUT2D eigenvalue weighted by molar-refractivity contribution is 5.74. The van der Waals surface area contributed by atoms with Crippen LogP contribution in [0.3, 0.4) is 0 Å². The molecule has 0 saturated carbocycles. The van der Waals surface area contributed by atoms with E-state index < -0.39 is 11.9 Å². The van der Waals surface area contributed by atoms with Crippen molar-refractivity contribution in [2.24, 2.45) is 10.9 Å². The van der Waals surface area contributed by atoms with Crippen molar-refractivity contribution in [1.29, 1.82) is 0 Å². The van der Waals surface area contributed by atoms with Crippen LogP contribution in [0.1, 0.15) is 0 Å². The molecule has 58 valence electrons. The molecular weight excluding hydrogens is 142 g/mol. The number of carboxylic acids is 1. The number of hydrogen-bond donors (Lipinski definition) is 1. The Morgan fingerprint density at radius 2 is 2.09 bits per heavy atom. The Balaban J connectivity index is 2.78. The highest BCUT2D eigenvalue weighted by Crippen LogP contribution is 2.15. The van der Waals surface area contributed by atoms with Crippen molar-refractivity contribution < 1.29 is 9.90 Å². The molecule has 0 spiro atoms. The van der Waals surface area contributed by atoms with Crippen LogP contribution in [0.25, 0.3) is 0 Å². The number of hydrogen-bond acceptors (Lipinski definition) is 2. The minimum absolute atomic E-state index is 0.308. The summed E-state index contributed by atoms with van der Waals surface area (Å²) in [4.78, 5) is 14.2. The van der Waals surface area contributed by atoms with Crippen LogP contribution in [-0.2, 0) is 4.79 Å². The van der Waals surface area contributed by atoms with E-state index in [0.29, 0.717) is 0 Å². The van der Waals surface area contributed by atoms with Gasteiger partial charge in [0.05, 0.1) is 6.04 Å². The summed E-state index contributed by atoms with van der Waals surface area (Å²) < 4.78 is 0. The molecule has 3 heteroatoms. The zero-order valence-corrected chi connectivity index (χ0v) is 5.97. The summed E-state index contributed by atoms with van der Waals surface area (Å²) in [6.07, 6.45) is 6.83. The second-order valence-corrected chi connectivity index (χ2v) is 2.31. The van der Waals surface area contributed by atoms with Crippen LogP contribution >= 0.6 is 0 Å². The minimum Gasteiger partial charge on any atom is -0.481 e. The summed E-state index contributed by atoms with van der Waals surface area (Å²) >= 11 is 0. The summed E-state index contributed by atoms with van der Waals surface area (Å²) in [6, 6.07) is -0.308. The average Bonchev–Trinajstić information content (AvgIpc) is 2.04. The van der Waals surface area contributed by atoms with Gasteiger partial charge in [-0.25, -0.2) is 0 Å². The SMILES string of the molecule is C=NC1C=CC=CC1C(=O)O. The number of carbonyl (C=O) groups is 1. The van der Waals surface area contributed by atoms with Gasteiger partial charge in [0.2, 0.25) is 0 Å². The van der Waals surface area contributed by atoms with Crippen LogP contribution in [0, 0.1) is 5.92 Å².